The molecule has 100 valence electrons. The van der Waals surface area contributed by atoms with Crippen molar-refractivity contribution in [3.63, 3.8) is 0 Å². The molecule has 0 atom stereocenters. The van der Waals surface area contributed by atoms with Crippen LogP contribution in [0, 0.1) is 0 Å². The number of imidazole rings is 1. The SMILES string of the molecule is O=C(Cn1cnc2c(Cl)nc(Cl)nc21)c1ccccn1. The lowest BCUT2D eigenvalue weighted by Crippen LogP contribution is -2.11. The predicted octanol–water partition coefficient (Wildman–Crippen LogP) is 2.41. The highest BCUT2D eigenvalue weighted by Gasteiger charge is 2.14. The van der Waals surface area contributed by atoms with Crippen LogP contribution in [0.3, 0.4) is 0 Å². The van der Waals surface area contributed by atoms with Crippen molar-refractivity contribution in [3.05, 3.63) is 46.9 Å². The number of aromatic nitrogens is 5. The van der Waals surface area contributed by atoms with Gasteiger partial charge in [0.15, 0.2) is 10.8 Å². The molecule has 0 N–H and O–H groups in total. The zero-order valence-electron chi connectivity index (χ0n) is 9.99. The molecular weight excluding hydrogens is 301 g/mol. The highest BCUT2D eigenvalue weighted by molar-refractivity contribution is 6.35. The van der Waals surface area contributed by atoms with Gasteiger partial charge in [0.1, 0.15) is 11.2 Å². The van der Waals surface area contributed by atoms with Gasteiger partial charge in [-0.05, 0) is 23.7 Å². The zero-order chi connectivity index (χ0) is 14.1. The summed E-state index contributed by atoms with van der Waals surface area (Å²) in [6.45, 7) is 0.0528. The molecule has 0 aliphatic heterocycles. The molecule has 0 amide bonds. The smallest absolute Gasteiger partial charge is 0.225 e. The summed E-state index contributed by atoms with van der Waals surface area (Å²) >= 11 is 11.7. The second kappa shape index (κ2) is 5.15. The van der Waals surface area contributed by atoms with E-state index in [9.17, 15) is 4.79 Å². The minimum absolute atomic E-state index is 0.00883. The van der Waals surface area contributed by atoms with E-state index in [2.05, 4.69) is 19.9 Å². The summed E-state index contributed by atoms with van der Waals surface area (Å²) in [5.74, 6) is -0.157. The third kappa shape index (κ3) is 2.35. The molecule has 0 fully saturated rings. The molecule has 0 bridgehead atoms. The van der Waals surface area contributed by atoms with Crippen LogP contribution in [0.1, 0.15) is 10.5 Å². The second-order valence-electron chi connectivity index (χ2n) is 3.97. The number of carbonyl (C=O) groups is 1. The van der Waals surface area contributed by atoms with Gasteiger partial charge < -0.3 is 4.57 Å². The van der Waals surface area contributed by atoms with Gasteiger partial charge in [-0.2, -0.15) is 4.98 Å². The summed E-state index contributed by atoms with van der Waals surface area (Å²) in [6.07, 6.45) is 3.04. The van der Waals surface area contributed by atoms with Crippen LogP contribution in [0.4, 0.5) is 0 Å². The third-order valence-electron chi connectivity index (χ3n) is 2.66. The fraction of sp³-hybridized carbons (Fsp3) is 0.0833. The molecule has 3 rings (SSSR count). The molecule has 3 aromatic rings. The first kappa shape index (κ1) is 13.0. The van der Waals surface area contributed by atoms with Gasteiger partial charge in [-0.3, -0.25) is 9.78 Å². The summed E-state index contributed by atoms with van der Waals surface area (Å²) < 4.78 is 1.56. The van der Waals surface area contributed by atoms with Gasteiger partial charge in [-0.15, -0.1) is 0 Å². The fourth-order valence-corrected chi connectivity index (χ4v) is 2.19. The highest BCUT2D eigenvalue weighted by Crippen LogP contribution is 2.20. The lowest BCUT2D eigenvalue weighted by molar-refractivity contribution is 0.0968. The molecule has 0 unspecified atom stereocenters. The van der Waals surface area contributed by atoms with Crippen molar-refractivity contribution < 1.29 is 4.79 Å². The number of rotatable bonds is 3. The van der Waals surface area contributed by atoms with Crippen LogP contribution in [0.25, 0.3) is 11.2 Å². The van der Waals surface area contributed by atoms with Crippen LogP contribution in [-0.4, -0.2) is 30.3 Å². The van der Waals surface area contributed by atoms with Gasteiger partial charge in [0.05, 0.1) is 12.9 Å². The molecular formula is C12H7Cl2N5O. The van der Waals surface area contributed by atoms with E-state index in [1.54, 1.807) is 29.0 Å². The standard InChI is InChI=1S/C12H7Cl2N5O/c13-10-9-11(18-12(14)17-10)19(6-16-9)5-8(20)7-3-1-2-4-15-7/h1-4,6H,5H2. The molecule has 0 aromatic carbocycles. The number of halogens is 2. The largest absolute Gasteiger partial charge is 0.307 e. The van der Waals surface area contributed by atoms with Crippen molar-refractivity contribution >= 4 is 40.1 Å². The maximum atomic E-state index is 12.1. The average Bonchev–Trinajstić information content (AvgIpc) is 2.83. The van der Waals surface area contributed by atoms with E-state index < -0.39 is 0 Å². The van der Waals surface area contributed by atoms with Crippen molar-refractivity contribution in [1.29, 1.82) is 0 Å². The number of Topliss-reactive ketones (excluding diaryl/α,β-unsaturated/α-hetero) is 1. The summed E-state index contributed by atoms with van der Waals surface area (Å²) in [4.78, 5) is 28.0. The topological polar surface area (TPSA) is 73.6 Å². The van der Waals surface area contributed by atoms with Gasteiger partial charge in [0.2, 0.25) is 11.1 Å². The first-order valence-electron chi connectivity index (χ1n) is 5.63. The third-order valence-corrected chi connectivity index (χ3v) is 3.09. The number of pyridine rings is 1. The number of nitrogens with zero attached hydrogens (tertiary/aromatic N) is 5. The minimum atomic E-state index is -0.157. The Hall–Kier alpha value is -2.05. The van der Waals surface area contributed by atoms with Crippen LogP contribution >= 0.6 is 23.2 Å². The van der Waals surface area contributed by atoms with E-state index in [0.717, 1.165) is 0 Å². The van der Waals surface area contributed by atoms with Crippen LogP contribution in [0.15, 0.2) is 30.7 Å². The molecule has 0 radical (unpaired) electrons. The molecule has 3 heterocycles. The van der Waals surface area contributed by atoms with E-state index in [1.807, 2.05) is 0 Å². The van der Waals surface area contributed by atoms with Crippen LogP contribution < -0.4 is 0 Å². The summed E-state index contributed by atoms with van der Waals surface area (Å²) in [6, 6.07) is 5.15. The number of carbonyl (C=O) groups excluding carboxylic acids is 1. The van der Waals surface area contributed by atoms with E-state index in [-0.39, 0.29) is 22.8 Å². The van der Waals surface area contributed by atoms with Gasteiger partial charge in [0, 0.05) is 6.20 Å². The zero-order valence-corrected chi connectivity index (χ0v) is 11.5. The van der Waals surface area contributed by atoms with Gasteiger partial charge >= 0.3 is 0 Å². The Morgan fingerprint density at radius 2 is 2.05 bits per heavy atom. The quantitative estimate of drug-likeness (QED) is 0.422. The molecule has 0 saturated carbocycles. The van der Waals surface area contributed by atoms with Crippen molar-refractivity contribution in [2.75, 3.05) is 0 Å². The van der Waals surface area contributed by atoms with Crippen LogP contribution in [-0.2, 0) is 6.54 Å². The van der Waals surface area contributed by atoms with E-state index in [4.69, 9.17) is 23.2 Å². The maximum Gasteiger partial charge on any atom is 0.225 e. The Morgan fingerprint density at radius 3 is 2.80 bits per heavy atom. The number of hydrogen-bond donors (Lipinski definition) is 0. The average molecular weight is 308 g/mol. The van der Waals surface area contributed by atoms with Crippen molar-refractivity contribution in [2.45, 2.75) is 6.54 Å². The lowest BCUT2D eigenvalue weighted by atomic mass is 10.2. The van der Waals surface area contributed by atoms with Crippen molar-refractivity contribution in [3.8, 4) is 0 Å². The Morgan fingerprint density at radius 1 is 1.20 bits per heavy atom. The molecule has 0 spiro atoms. The minimum Gasteiger partial charge on any atom is -0.307 e. The number of fused-ring (bicyclic) bond motifs is 1. The highest BCUT2D eigenvalue weighted by atomic mass is 35.5. The monoisotopic (exact) mass is 307 g/mol. The Balaban J connectivity index is 1.98. The number of hydrogen-bond acceptors (Lipinski definition) is 5. The van der Waals surface area contributed by atoms with E-state index in [1.165, 1.54) is 6.33 Å². The Labute approximate surface area is 123 Å². The molecule has 20 heavy (non-hydrogen) atoms. The van der Waals surface area contributed by atoms with E-state index >= 15 is 0 Å². The fourth-order valence-electron chi connectivity index (χ4n) is 1.76. The van der Waals surface area contributed by atoms with Gasteiger partial charge in [-0.25, -0.2) is 9.97 Å². The maximum absolute atomic E-state index is 12.1. The Bertz CT molecular complexity index is 787. The molecule has 3 aromatic heterocycles. The first-order chi connectivity index (χ1) is 9.65. The number of ketones is 1. The van der Waals surface area contributed by atoms with E-state index in [0.29, 0.717) is 16.9 Å². The van der Waals surface area contributed by atoms with Crippen LogP contribution in [0.5, 0.6) is 0 Å². The Kier molecular flexibility index (Phi) is 3.33. The van der Waals surface area contributed by atoms with Crippen LogP contribution in [0.2, 0.25) is 10.4 Å². The molecule has 0 saturated heterocycles. The summed E-state index contributed by atoms with van der Waals surface area (Å²) in [5.41, 5.74) is 1.20. The van der Waals surface area contributed by atoms with Gasteiger partial charge in [0.25, 0.3) is 0 Å². The van der Waals surface area contributed by atoms with Crippen molar-refractivity contribution in [1.82, 2.24) is 24.5 Å². The van der Waals surface area contributed by atoms with Crippen molar-refractivity contribution in [2.24, 2.45) is 0 Å². The summed E-state index contributed by atoms with van der Waals surface area (Å²) in [7, 11) is 0. The molecule has 8 heteroatoms. The predicted molar refractivity (Wildman–Crippen MR) is 73.9 cm³/mol. The first-order valence-corrected chi connectivity index (χ1v) is 6.39. The van der Waals surface area contributed by atoms with Gasteiger partial charge in [-0.1, -0.05) is 17.7 Å². The molecule has 0 aliphatic rings. The second-order valence-corrected chi connectivity index (χ2v) is 4.66. The molecule has 0 aliphatic carbocycles. The summed E-state index contributed by atoms with van der Waals surface area (Å²) in [5, 5.41) is 0.165. The molecule has 6 nitrogen and oxygen atoms in total. The normalized spacial score (nSPS) is 10.9. The lowest BCUT2D eigenvalue weighted by Gasteiger charge is -2.03.